The van der Waals surface area contributed by atoms with Gasteiger partial charge in [-0.3, -0.25) is 0 Å². The van der Waals surface area contributed by atoms with E-state index >= 15 is 0 Å². The van der Waals surface area contributed by atoms with E-state index in [-0.39, 0.29) is 0 Å². The largest absolute Gasteiger partial charge is 0.0654 e. The monoisotopic (exact) mass is 352 g/mol. The Kier molecular flexibility index (Phi) is 20.3. The highest BCUT2D eigenvalue weighted by Gasteiger charge is 2.16. The first kappa shape index (κ1) is 25.0. The maximum absolute atomic E-state index is 2.36. The lowest BCUT2D eigenvalue weighted by atomic mass is 9.82. The van der Waals surface area contributed by atoms with Crippen LogP contribution in [0.1, 0.15) is 150 Å². The summed E-state index contributed by atoms with van der Waals surface area (Å²) in [5.74, 6) is 2.05. The van der Waals surface area contributed by atoms with Crippen LogP contribution in [0.15, 0.2) is 0 Å². The second-order valence-corrected chi connectivity index (χ2v) is 8.66. The molecule has 0 nitrogen and oxygen atoms in total. The molecule has 0 aliphatic rings. The minimum absolute atomic E-state index is 1.03. The van der Waals surface area contributed by atoms with Crippen molar-refractivity contribution in [3.63, 3.8) is 0 Å². The van der Waals surface area contributed by atoms with E-state index in [1.165, 1.54) is 116 Å². The van der Waals surface area contributed by atoms with Gasteiger partial charge >= 0.3 is 0 Å². The summed E-state index contributed by atoms with van der Waals surface area (Å²) in [5.41, 5.74) is 0. The molecule has 152 valence electrons. The van der Waals surface area contributed by atoms with Crippen molar-refractivity contribution in [2.75, 3.05) is 0 Å². The summed E-state index contributed by atoms with van der Waals surface area (Å²) in [4.78, 5) is 0. The second kappa shape index (κ2) is 20.3. The number of unbranched alkanes of at least 4 members (excludes halogenated alkanes) is 10. The van der Waals surface area contributed by atoms with Gasteiger partial charge in [0.05, 0.1) is 0 Å². The van der Waals surface area contributed by atoms with E-state index in [1.807, 2.05) is 0 Å². The standard InChI is InChI=1S/C25H52/c1-5-9-13-15-16-18-22-25(20-12-8-4)23-24(19-11-7-3)21-17-14-10-6-2/h24-25H,5-23H2,1-4H3. The van der Waals surface area contributed by atoms with Crippen LogP contribution in [0, 0.1) is 11.8 Å². The molecule has 0 aliphatic heterocycles. The fourth-order valence-corrected chi connectivity index (χ4v) is 4.29. The van der Waals surface area contributed by atoms with E-state index in [9.17, 15) is 0 Å². The van der Waals surface area contributed by atoms with Crippen molar-refractivity contribution in [3.05, 3.63) is 0 Å². The molecule has 0 bridgehead atoms. The van der Waals surface area contributed by atoms with Crippen LogP contribution < -0.4 is 0 Å². The molecule has 0 aromatic rings. The lowest BCUT2D eigenvalue weighted by molar-refractivity contribution is 0.285. The Hall–Kier alpha value is 0. The van der Waals surface area contributed by atoms with Crippen LogP contribution in [-0.2, 0) is 0 Å². The van der Waals surface area contributed by atoms with E-state index in [0.29, 0.717) is 0 Å². The molecule has 0 fully saturated rings. The molecule has 2 atom stereocenters. The molecule has 0 amide bonds. The molecule has 0 spiro atoms. The molecule has 2 unspecified atom stereocenters. The van der Waals surface area contributed by atoms with Gasteiger partial charge in [0.15, 0.2) is 0 Å². The third-order valence-corrected chi connectivity index (χ3v) is 6.03. The van der Waals surface area contributed by atoms with E-state index < -0.39 is 0 Å². The van der Waals surface area contributed by atoms with Gasteiger partial charge in [0.2, 0.25) is 0 Å². The van der Waals surface area contributed by atoms with Crippen LogP contribution >= 0.6 is 0 Å². The van der Waals surface area contributed by atoms with Gasteiger partial charge in [0.1, 0.15) is 0 Å². The quantitative estimate of drug-likeness (QED) is 0.191. The van der Waals surface area contributed by atoms with Crippen molar-refractivity contribution in [3.8, 4) is 0 Å². The van der Waals surface area contributed by atoms with Crippen molar-refractivity contribution in [2.45, 2.75) is 150 Å². The Balaban J connectivity index is 4.20. The third-order valence-electron chi connectivity index (χ3n) is 6.03. The van der Waals surface area contributed by atoms with Crippen LogP contribution in [0.5, 0.6) is 0 Å². The van der Waals surface area contributed by atoms with Crippen molar-refractivity contribution >= 4 is 0 Å². The molecule has 0 aliphatic carbocycles. The molecular weight excluding hydrogens is 300 g/mol. The Morgan fingerprint density at radius 2 is 0.680 bits per heavy atom. The molecular formula is C25H52. The highest BCUT2D eigenvalue weighted by Crippen LogP contribution is 2.30. The van der Waals surface area contributed by atoms with Gasteiger partial charge in [0, 0.05) is 0 Å². The van der Waals surface area contributed by atoms with Gasteiger partial charge in [-0.15, -0.1) is 0 Å². The molecule has 0 heteroatoms. The van der Waals surface area contributed by atoms with Gasteiger partial charge in [-0.25, -0.2) is 0 Å². The first-order chi connectivity index (χ1) is 12.3. The normalized spacial score (nSPS) is 13.9. The Bertz CT molecular complexity index is 232. The fraction of sp³-hybridized carbons (Fsp3) is 1.00. The highest BCUT2D eigenvalue weighted by molar-refractivity contribution is 4.68. The number of hydrogen-bond acceptors (Lipinski definition) is 0. The van der Waals surface area contributed by atoms with Gasteiger partial charge in [-0.05, 0) is 18.3 Å². The Morgan fingerprint density at radius 3 is 1.12 bits per heavy atom. The van der Waals surface area contributed by atoms with Crippen LogP contribution in [0.25, 0.3) is 0 Å². The second-order valence-electron chi connectivity index (χ2n) is 8.66. The third kappa shape index (κ3) is 17.2. The van der Waals surface area contributed by atoms with E-state index in [2.05, 4.69) is 27.7 Å². The van der Waals surface area contributed by atoms with Crippen molar-refractivity contribution in [1.82, 2.24) is 0 Å². The van der Waals surface area contributed by atoms with Crippen LogP contribution in [0.4, 0.5) is 0 Å². The zero-order valence-electron chi connectivity index (χ0n) is 18.6. The van der Waals surface area contributed by atoms with Gasteiger partial charge in [-0.1, -0.05) is 143 Å². The maximum atomic E-state index is 2.36. The number of hydrogen-bond donors (Lipinski definition) is 0. The van der Waals surface area contributed by atoms with Gasteiger partial charge in [0.25, 0.3) is 0 Å². The van der Waals surface area contributed by atoms with Crippen molar-refractivity contribution in [1.29, 1.82) is 0 Å². The average Bonchev–Trinajstić information content (AvgIpc) is 2.63. The summed E-state index contributed by atoms with van der Waals surface area (Å²) in [6, 6.07) is 0. The molecule has 0 aromatic heterocycles. The predicted molar refractivity (Wildman–Crippen MR) is 117 cm³/mol. The van der Waals surface area contributed by atoms with E-state index in [4.69, 9.17) is 0 Å². The minimum atomic E-state index is 1.03. The lowest BCUT2D eigenvalue weighted by Gasteiger charge is -2.24. The zero-order chi connectivity index (χ0) is 18.6. The minimum Gasteiger partial charge on any atom is -0.0654 e. The maximum Gasteiger partial charge on any atom is -0.0412 e. The Morgan fingerprint density at radius 1 is 0.360 bits per heavy atom. The summed E-state index contributed by atoms with van der Waals surface area (Å²) < 4.78 is 0. The predicted octanol–water partition coefficient (Wildman–Crippen LogP) is 9.71. The molecule has 0 aromatic carbocycles. The van der Waals surface area contributed by atoms with E-state index in [1.54, 1.807) is 6.42 Å². The SMILES string of the molecule is CCCCCCCCC(CCCC)CC(CCCC)CCCCCC. The van der Waals surface area contributed by atoms with E-state index in [0.717, 1.165) is 11.8 Å². The highest BCUT2D eigenvalue weighted by atomic mass is 14.2. The first-order valence-electron chi connectivity index (χ1n) is 12.3. The smallest absolute Gasteiger partial charge is 0.0412 e. The average molecular weight is 353 g/mol. The van der Waals surface area contributed by atoms with Crippen molar-refractivity contribution in [2.24, 2.45) is 11.8 Å². The summed E-state index contributed by atoms with van der Waals surface area (Å²) in [7, 11) is 0. The molecule has 0 saturated heterocycles. The summed E-state index contributed by atoms with van der Waals surface area (Å²) in [5, 5.41) is 0. The molecule has 25 heavy (non-hydrogen) atoms. The van der Waals surface area contributed by atoms with Crippen LogP contribution in [-0.4, -0.2) is 0 Å². The summed E-state index contributed by atoms with van der Waals surface area (Å²) in [6.07, 6.45) is 27.7. The van der Waals surface area contributed by atoms with Crippen LogP contribution in [0.2, 0.25) is 0 Å². The van der Waals surface area contributed by atoms with Gasteiger partial charge < -0.3 is 0 Å². The molecule has 0 heterocycles. The van der Waals surface area contributed by atoms with Crippen molar-refractivity contribution < 1.29 is 0 Å². The van der Waals surface area contributed by atoms with Crippen LogP contribution in [0.3, 0.4) is 0 Å². The summed E-state index contributed by atoms with van der Waals surface area (Å²) in [6.45, 7) is 9.37. The zero-order valence-corrected chi connectivity index (χ0v) is 18.6. The lowest BCUT2D eigenvalue weighted by Crippen LogP contribution is -2.10. The fourth-order valence-electron chi connectivity index (χ4n) is 4.29. The van der Waals surface area contributed by atoms with Gasteiger partial charge in [-0.2, -0.15) is 0 Å². The number of rotatable bonds is 20. The molecule has 0 rings (SSSR count). The first-order valence-corrected chi connectivity index (χ1v) is 12.3. The molecule has 0 N–H and O–H groups in total. The Labute approximate surface area is 161 Å². The molecule has 0 saturated carbocycles. The summed E-state index contributed by atoms with van der Waals surface area (Å²) >= 11 is 0. The topological polar surface area (TPSA) is 0 Å². The molecule has 0 radical (unpaired) electrons.